The summed E-state index contributed by atoms with van der Waals surface area (Å²) in [6.07, 6.45) is 93.8. The second-order valence-electron chi connectivity index (χ2n) is 21.3. The summed E-state index contributed by atoms with van der Waals surface area (Å²) in [5.74, 6) is -0.915. The third-order valence-corrected chi connectivity index (χ3v) is 13.4. The maximum absolute atomic E-state index is 12.8. The zero-order valence-corrected chi connectivity index (χ0v) is 53.0. The molecule has 0 N–H and O–H groups in total. The van der Waals surface area contributed by atoms with Crippen LogP contribution in [-0.4, -0.2) is 70.0 Å². The van der Waals surface area contributed by atoms with Crippen molar-refractivity contribution in [1.29, 1.82) is 0 Å². The van der Waals surface area contributed by atoms with Crippen molar-refractivity contribution in [3.05, 3.63) is 182 Å². The Hall–Kier alpha value is -4.89. The molecule has 9 nitrogen and oxygen atoms in total. The minimum Gasteiger partial charge on any atom is -0.756 e. The van der Waals surface area contributed by atoms with Gasteiger partial charge in [-0.1, -0.05) is 235 Å². The lowest BCUT2D eigenvalue weighted by Crippen LogP contribution is -2.37. The van der Waals surface area contributed by atoms with Crippen molar-refractivity contribution < 1.29 is 42.1 Å². The number of quaternary nitrogens is 1. The van der Waals surface area contributed by atoms with Gasteiger partial charge < -0.3 is 27.9 Å². The van der Waals surface area contributed by atoms with Crippen LogP contribution in [0.1, 0.15) is 206 Å². The van der Waals surface area contributed by atoms with Crippen LogP contribution in [0.25, 0.3) is 0 Å². The van der Waals surface area contributed by atoms with Gasteiger partial charge in [0.2, 0.25) is 0 Å². The largest absolute Gasteiger partial charge is 0.756 e. The molecule has 0 rings (SSSR count). The van der Waals surface area contributed by atoms with Crippen molar-refractivity contribution in [3.8, 4) is 0 Å². The van der Waals surface area contributed by atoms with Crippen LogP contribution in [0.15, 0.2) is 182 Å². The van der Waals surface area contributed by atoms with Crippen molar-refractivity contribution in [2.75, 3.05) is 47.5 Å². The molecular formula is C72H114NO8P. The number of phosphoric acid groups is 1. The SMILES string of the molecule is CC/C=C\C/C=C\C/C=C\C/C=C\C/C=C\C/C=C\C/C=C\C/C=C\C/C=C\C/C=C\C/C=C\C/C=C\CCCCC(=O)OC(COC(=O)CCCCCCCC/C=C\C/C=C\C/C=C\CCCCC)COP(=O)([O-])OCC[N+](C)(C)C. The number of carbonyl (C=O) groups excluding carboxylic acids is 2. The van der Waals surface area contributed by atoms with E-state index < -0.39 is 32.5 Å². The number of unbranched alkanes of at least 4 members (excludes halogenated alkanes) is 11. The van der Waals surface area contributed by atoms with Gasteiger partial charge in [-0.15, -0.1) is 0 Å². The molecule has 2 atom stereocenters. The molecule has 0 aliphatic heterocycles. The Balaban J connectivity index is 4.28. The minimum absolute atomic E-state index is 0.0524. The fourth-order valence-corrected chi connectivity index (χ4v) is 8.31. The Morgan fingerprint density at radius 2 is 0.695 bits per heavy atom. The highest BCUT2D eigenvalue weighted by Gasteiger charge is 2.21. The van der Waals surface area contributed by atoms with E-state index in [-0.39, 0.29) is 26.1 Å². The van der Waals surface area contributed by atoms with Gasteiger partial charge in [-0.2, -0.15) is 0 Å². The molecule has 0 saturated heterocycles. The van der Waals surface area contributed by atoms with Crippen molar-refractivity contribution in [2.24, 2.45) is 0 Å². The molecule has 0 aromatic heterocycles. The van der Waals surface area contributed by atoms with Gasteiger partial charge in [-0.05, 0) is 141 Å². The van der Waals surface area contributed by atoms with E-state index in [2.05, 4.69) is 196 Å². The molecule has 0 aromatic carbocycles. The van der Waals surface area contributed by atoms with Gasteiger partial charge >= 0.3 is 11.9 Å². The highest BCUT2D eigenvalue weighted by molar-refractivity contribution is 7.45. The topological polar surface area (TPSA) is 111 Å². The first-order valence-electron chi connectivity index (χ1n) is 31.5. The molecule has 82 heavy (non-hydrogen) atoms. The molecule has 460 valence electrons. The Morgan fingerprint density at radius 1 is 0.390 bits per heavy atom. The fourth-order valence-electron chi connectivity index (χ4n) is 7.58. The molecule has 0 amide bonds. The lowest BCUT2D eigenvalue weighted by atomic mass is 10.1. The van der Waals surface area contributed by atoms with E-state index in [0.29, 0.717) is 23.9 Å². The molecule has 0 heterocycles. The van der Waals surface area contributed by atoms with Crippen LogP contribution in [0.4, 0.5) is 0 Å². The van der Waals surface area contributed by atoms with E-state index in [1.165, 1.54) is 25.7 Å². The number of phosphoric ester groups is 1. The summed E-state index contributed by atoms with van der Waals surface area (Å²) in [4.78, 5) is 37.9. The van der Waals surface area contributed by atoms with Gasteiger partial charge in [0.1, 0.15) is 19.8 Å². The van der Waals surface area contributed by atoms with E-state index in [1.807, 2.05) is 21.1 Å². The number of hydrogen-bond donors (Lipinski definition) is 0. The number of ether oxygens (including phenoxy) is 2. The Morgan fingerprint density at radius 3 is 1.06 bits per heavy atom. The van der Waals surface area contributed by atoms with Gasteiger partial charge in [0.15, 0.2) is 6.10 Å². The van der Waals surface area contributed by atoms with Crippen LogP contribution in [-0.2, 0) is 32.7 Å². The molecule has 0 aliphatic rings. The summed E-state index contributed by atoms with van der Waals surface area (Å²) in [5, 5.41) is 0. The quantitative estimate of drug-likeness (QED) is 0.0195. The van der Waals surface area contributed by atoms with Gasteiger partial charge in [-0.3, -0.25) is 14.2 Å². The Bertz CT molecular complexity index is 2030. The van der Waals surface area contributed by atoms with Crippen LogP contribution in [0.2, 0.25) is 0 Å². The van der Waals surface area contributed by atoms with E-state index in [4.69, 9.17) is 18.5 Å². The average Bonchev–Trinajstić information content (AvgIpc) is 3.46. The smallest absolute Gasteiger partial charge is 0.306 e. The summed E-state index contributed by atoms with van der Waals surface area (Å²) in [6.45, 7) is 4.00. The van der Waals surface area contributed by atoms with Crippen LogP contribution >= 0.6 is 7.82 Å². The molecule has 0 aromatic rings. The molecular weight excluding hydrogens is 1040 g/mol. The Kier molecular flexibility index (Phi) is 57.1. The third kappa shape index (κ3) is 64.3. The predicted octanol–water partition coefficient (Wildman–Crippen LogP) is 19.7. The van der Waals surface area contributed by atoms with Gasteiger partial charge in [0.05, 0.1) is 27.7 Å². The zero-order chi connectivity index (χ0) is 59.8. The van der Waals surface area contributed by atoms with E-state index in [0.717, 1.165) is 141 Å². The zero-order valence-electron chi connectivity index (χ0n) is 52.1. The summed E-state index contributed by atoms with van der Waals surface area (Å²) in [7, 11) is 1.10. The number of hydrogen-bond acceptors (Lipinski definition) is 8. The monoisotopic (exact) mass is 1150 g/mol. The maximum Gasteiger partial charge on any atom is 0.306 e. The average molecular weight is 1150 g/mol. The third-order valence-electron chi connectivity index (χ3n) is 12.4. The summed E-state index contributed by atoms with van der Waals surface area (Å²) in [5.41, 5.74) is 0. The van der Waals surface area contributed by atoms with Crippen LogP contribution < -0.4 is 4.89 Å². The standard InChI is InChI=1S/C72H114NO8P/c1-6-8-10-12-14-16-18-20-22-24-26-27-28-29-30-31-32-33-34-35-36-37-38-39-40-41-42-43-44-45-47-49-51-53-55-57-59-61-63-65-72(75)81-70(69-80-82(76,77)79-67-66-73(3,4)5)68-78-71(74)64-62-60-58-56-54-52-50-48-46-25-23-21-19-17-15-13-11-9-7-2/h8,10,14-17,20-23,26-27,29-30,32-33,35-36,38-39,41-42,44-46,48-49,51,55,57,70H,6-7,9,11-13,18-19,24-25,28,31,34,37,40,43,47,50,52-54,56,58-69H2,1-5H3/b10-8-,16-14-,17-15-,22-20-,23-21-,27-26-,30-29-,33-32-,36-35-,39-38-,42-41-,45-44-,48-46-,51-49-,57-55-. The number of nitrogens with zero attached hydrogens (tertiary/aromatic N) is 1. The highest BCUT2D eigenvalue weighted by atomic mass is 31.2. The first-order chi connectivity index (χ1) is 40.0. The van der Waals surface area contributed by atoms with E-state index in [9.17, 15) is 19.0 Å². The first kappa shape index (κ1) is 77.1. The van der Waals surface area contributed by atoms with Crippen LogP contribution in [0.3, 0.4) is 0 Å². The molecule has 0 fully saturated rings. The number of likely N-dealkylation sites (N-methyl/N-ethyl adjacent to an activating group) is 1. The van der Waals surface area contributed by atoms with Gasteiger partial charge in [0, 0.05) is 12.8 Å². The Labute approximate surface area is 501 Å². The molecule has 0 bridgehead atoms. The van der Waals surface area contributed by atoms with Crippen molar-refractivity contribution in [1.82, 2.24) is 0 Å². The molecule has 0 saturated carbocycles. The van der Waals surface area contributed by atoms with Gasteiger partial charge in [0.25, 0.3) is 7.82 Å². The number of allylic oxidation sites excluding steroid dienone is 30. The summed E-state index contributed by atoms with van der Waals surface area (Å²) >= 11 is 0. The number of carbonyl (C=O) groups is 2. The minimum atomic E-state index is -4.67. The number of rotatable bonds is 55. The molecule has 10 heteroatoms. The second-order valence-corrected chi connectivity index (χ2v) is 22.7. The van der Waals surface area contributed by atoms with Crippen molar-refractivity contribution in [3.63, 3.8) is 0 Å². The van der Waals surface area contributed by atoms with Crippen LogP contribution in [0, 0.1) is 0 Å². The normalized spacial score (nSPS) is 14.5. The fraction of sp³-hybridized carbons (Fsp3) is 0.556. The molecule has 0 radical (unpaired) electrons. The molecule has 0 aliphatic carbocycles. The summed E-state index contributed by atoms with van der Waals surface area (Å²) < 4.78 is 34.1. The van der Waals surface area contributed by atoms with Gasteiger partial charge in [-0.25, -0.2) is 0 Å². The summed E-state index contributed by atoms with van der Waals surface area (Å²) in [6, 6.07) is 0. The van der Waals surface area contributed by atoms with E-state index >= 15 is 0 Å². The predicted molar refractivity (Wildman–Crippen MR) is 350 cm³/mol. The highest BCUT2D eigenvalue weighted by Crippen LogP contribution is 2.38. The lowest BCUT2D eigenvalue weighted by molar-refractivity contribution is -0.870. The van der Waals surface area contributed by atoms with Crippen molar-refractivity contribution >= 4 is 19.8 Å². The maximum atomic E-state index is 12.8. The molecule has 2 unspecified atom stereocenters. The molecule has 0 spiro atoms. The van der Waals surface area contributed by atoms with Crippen LogP contribution in [0.5, 0.6) is 0 Å². The number of esters is 2. The second kappa shape index (κ2) is 60.7. The lowest BCUT2D eigenvalue weighted by Gasteiger charge is -2.28. The first-order valence-corrected chi connectivity index (χ1v) is 33.0. The van der Waals surface area contributed by atoms with E-state index in [1.54, 1.807) is 0 Å². The van der Waals surface area contributed by atoms with Crippen molar-refractivity contribution in [2.45, 2.75) is 213 Å².